The van der Waals surface area contributed by atoms with Gasteiger partial charge < -0.3 is 4.98 Å². The predicted octanol–water partition coefficient (Wildman–Crippen LogP) is 5.09. The van der Waals surface area contributed by atoms with Crippen molar-refractivity contribution in [2.75, 3.05) is 0 Å². The number of benzene rings is 2. The Morgan fingerprint density at radius 2 is 2.11 bits per heavy atom. The van der Waals surface area contributed by atoms with Gasteiger partial charge in [0.15, 0.2) is 5.82 Å². The average molecular weight is 340 g/mol. The number of halogens is 3. The molecule has 0 aliphatic carbocycles. The molecule has 0 spiro atoms. The number of imidazole rings is 1. The highest BCUT2D eigenvalue weighted by atomic mass is 79.9. The Labute approximate surface area is 122 Å². The zero-order chi connectivity index (χ0) is 13.6. The number of nitrogens with zero attached hydrogens (tertiary/aromatic N) is 1. The molecule has 0 saturated heterocycles. The lowest BCUT2D eigenvalue weighted by Crippen LogP contribution is -1.87. The van der Waals surface area contributed by atoms with Gasteiger partial charge in [0.25, 0.3) is 0 Å². The van der Waals surface area contributed by atoms with E-state index in [-0.39, 0.29) is 5.02 Å². The largest absolute Gasteiger partial charge is 0.338 e. The maximum absolute atomic E-state index is 14.0. The Morgan fingerprint density at radius 3 is 2.89 bits per heavy atom. The third-order valence-electron chi connectivity index (χ3n) is 2.95. The summed E-state index contributed by atoms with van der Waals surface area (Å²) in [6.07, 6.45) is 0. The lowest BCUT2D eigenvalue weighted by Gasteiger charge is -2.00. The first-order valence-electron chi connectivity index (χ1n) is 5.66. The lowest BCUT2D eigenvalue weighted by atomic mass is 10.2. The molecule has 0 aliphatic heterocycles. The number of hydrogen-bond acceptors (Lipinski definition) is 1. The van der Waals surface area contributed by atoms with Gasteiger partial charge in [-0.3, -0.25) is 0 Å². The van der Waals surface area contributed by atoms with Crippen molar-refractivity contribution in [2.24, 2.45) is 0 Å². The average Bonchev–Trinajstić information content (AvgIpc) is 2.76. The molecule has 2 nitrogen and oxygen atoms in total. The minimum absolute atomic E-state index is 0.0934. The lowest BCUT2D eigenvalue weighted by molar-refractivity contribution is 0.630. The first-order valence-corrected chi connectivity index (χ1v) is 6.83. The van der Waals surface area contributed by atoms with Gasteiger partial charge in [-0.1, -0.05) is 33.6 Å². The van der Waals surface area contributed by atoms with Crippen molar-refractivity contribution >= 4 is 38.6 Å². The van der Waals surface area contributed by atoms with E-state index in [1.807, 2.05) is 19.1 Å². The van der Waals surface area contributed by atoms with Gasteiger partial charge in [-0.2, -0.15) is 0 Å². The van der Waals surface area contributed by atoms with Crippen molar-refractivity contribution < 1.29 is 4.39 Å². The van der Waals surface area contributed by atoms with E-state index < -0.39 is 5.82 Å². The minimum Gasteiger partial charge on any atom is -0.338 e. The van der Waals surface area contributed by atoms with Crippen LogP contribution in [0.5, 0.6) is 0 Å². The van der Waals surface area contributed by atoms with E-state index in [2.05, 4.69) is 25.9 Å². The molecule has 0 fully saturated rings. The number of H-pyrrole nitrogens is 1. The number of fused-ring (bicyclic) bond motifs is 1. The molecule has 0 radical (unpaired) electrons. The van der Waals surface area contributed by atoms with Crippen LogP contribution in [0.1, 0.15) is 5.56 Å². The number of aromatic amines is 1. The van der Waals surface area contributed by atoms with E-state index in [0.717, 1.165) is 21.1 Å². The van der Waals surface area contributed by atoms with Crippen LogP contribution in [-0.2, 0) is 0 Å². The fraction of sp³-hybridized carbons (Fsp3) is 0.0714. The number of aryl methyl sites for hydroxylation is 1. The quantitative estimate of drug-likeness (QED) is 0.657. The first-order chi connectivity index (χ1) is 9.06. The Hall–Kier alpha value is -1.39. The summed E-state index contributed by atoms with van der Waals surface area (Å²) in [4.78, 5) is 7.57. The van der Waals surface area contributed by atoms with E-state index in [1.165, 1.54) is 6.07 Å². The fourth-order valence-electron chi connectivity index (χ4n) is 2.06. The van der Waals surface area contributed by atoms with Crippen molar-refractivity contribution in [3.8, 4) is 11.4 Å². The monoisotopic (exact) mass is 338 g/mol. The molecule has 0 unspecified atom stereocenters. The van der Waals surface area contributed by atoms with Crippen LogP contribution in [0.3, 0.4) is 0 Å². The summed E-state index contributed by atoms with van der Waals surface area (Å²) < 4.78 is 15.0. The highest BCUT2D eigenvalue weighted by Gasteiger charge is 2.13. The van der Waals surface area contributed by atoms with Gasteiger partial charge in [-0.25, -0.2) is 9.37 Å². The summed E-state index contributed by atoms with van der Waals surface area (Å²) in [7, 11) is 0. The van der Waals surface area contributed by atoms with Crippen LogP contribution in [0, 0.1) is 12.7 Å². The van der Waals surface area contributed by atoms with Crippen molar-refractivity contribution in [3.05, 3.63) is 51.2 Å². The van der Waals surface area contributed by atoms with Gasteiger partial charge in [0.1, 0.15) is 5.82 Å². The first kappa shape index (κ1) is 12.6. The molecule has 0 saturated carbocycles. The molecule has 2 aromatic carbocycles. The van der Waals surface area contributed by atoms with Crippen LogP contribution >= 0.6 is 27.5 Å². The number of aromatic nitrogens is 2. The smallest absolute Gasteiger partial charge is 0.152 e. The molecule has 1 heterocycles. The van der Waals surface area contributed by atoms with Crippen molar-refractivity contribution in [1.82, 2.24) is 9.97 Å². The topological polar surface area (TPSA) is 28.7 Å². The summed E-state index contributed by atoms with van der Waals surface area (Å²) >= 11 is 9.23. The second kappa shape index (κ2) is 4.62. The molecule has 1 N–H and O–H groups in total. The standard InChI is InChI=1S/C14H9BrClFN2/c1-7-5-8(15)6-11-13(7)19-14(18-11)9-3-2-4-10(16)12(9)17/h2-6H,1H3,(H,18,19). The van der Waals surface area contributed by atoms with E-state index in [4.69, 9.17) is 11.6 Å². The highest BCUT2D eigenvalue weighted by molar-refractivity contribution is 9.10. The number of hydrogen-bond donors (Lipinski definition) is 1. The number of nitrogens with one attached hydrogen (secondary N) is 1. The van der Waals surface area contributed by atoms with E-state index in [1.54, 1.807) is 12.1 Å². The van der Waals surface area contributed by atoms with Gasteiger partial charge in [0, 0.05) is 4.47 Å². The van der Waals surface area contributed by atoms with Gasteiger partial charge in [0.05, 0.1) is 21.6 Å². The molecule has 0 atom stereocenters. The molecule has 5 heteroatoms. The normalized spacial score (nSPS) is 11.2. The van der Waals surface area contributed by atoms with Gasteiger partial charge in [-0.05, 0) is 36.8 Å². The summed E-state index contributed by atoms with van der Waals surface area (Å²) in [6.45, 7) is 1.96. The molecule has 0 amide bonds. The van der Waals surface area contributed by atoms with Crippen molar-refractivity contribution in [1.29, 1.82) is 0 Å². The minimum atomic E-state index is -0.458. The zero-order valence-electron chi connectivity index (χ0n) is 9.97. The van der Waals surface area contributed by atoms with Gasteiger partial charge >= 0.3 is 0 Å². The van der Waals surface area contributed by atoms with Gasteiger partial charge in [0.2, 0.25) is 0 Å². The summed E-state index contributed by atoms with van der Waals surface area (Å²) in [5.74, 6) is 0.0242. The summed E-state index contributed by atoms with van der Waals surface area (Å²) in [5.41, 5.74) is 3.09. The van der Waals surface area contributed by atoms with E-state index in [0.29, 0.717) is 11.4 Å². The SMILES string of the molecule is Cc1cc(Br)cc2[nH]c(-c3cccc(Cl)c3F)nc12. The molecule has 3 rings (SSSR count). The Bertz CT molecular complexity index is 782. The molecule has 0 bridgehead atoms. The Balaban J connectivity index is 2.26. The molecule has 1 aromatic heterocycles. The van der Waals surface area contributed by atoms with Crippen molar-refractivity contribution in [2.45, 2.75) is 6.92 Å². The Morgan fingerprint density at radius 1 is 1.32 bits per heavy atom. The van der Waals surface area contributed by atoms with Crippen LogP contribution < -0.4 is 0 Å². The second-order valence-corrected chi connectivity index (χ2v) is 5.63. The van der Waals surface area contributed by atoms with Crippen LogP contribution in [0.2, 0.25) is 5.02 Å². The van der Waals surface area contributed by atoms with Crippen molar-refractivity contribution in [3.63, 3.8) is 0 Å². The summed E-state index contributed by atoms with van der Waals surface area (Å²) in [5, 5.41) is 0.0934. The van der Waals surface area contributed by atoms with Gasteiger partial charge in [-0.15, -0.1) is 0 Å². The molecular formula is C14H9BrClFN2. The van der Waals surface area contributed by atoms with Crippen LogP contribution in [-0.4, -0.2) is 9.97 Å². The second-order valence-electron chi connectivity index (χ2n) is 4.31. The molecule has 19 heavy (non-hydrogen) atoms. The van der Waals surface area contributed by atoms with Crippen LogP contribution in [0.15, 0.2) is 34.8 Å². The van der Waals surface area contributed by atoms with E-state index in [9.17, 15) is 4.39 Å². The molecular weight excluding hydrogens is 331 g/mol. The highest BCUT2D eigenvalue weighted by Crippen LogP contribution is 2.29. The fourth-order valence-corrected chi connectivity index (χ4v) is 2.81. The molecule has 3 aromatic rings. The maximum Gasteiger partial charge on any atom is 0.152 e. The Kier molecular flexibility index (Phi) is 3.07. The molecule has 0 aliphatic rings. The third-order valence-corrected chi connectivity index (χ3v) is 3.70. The van der Waals surface area contributed by atoms with Crippen LogP contribution in [0.4, 0.5) is 4.39 Å². The maximum atomic E-state index is 14.0. The molecule has 96 valence electrons. The predicted molar refractivity (Wildman–Crippen MR) is 78.9 cm³/mol. The zero-order valence-corrected chi connectivity index (χ0v) is 12.3. The summed E-state index contributed by atoms with van der Waals surface area (Å²) in [6, 6.07) is 8.77. The van der Waals surface area contributed by atoms with E-state index >= 15 is 0 Å². The third kappa shape index (κ3) is 2.15. The number of rotatable bonds is 1. The van der Waals surface area contributed by atoms with Crippen LogP contribution in [0.25, 0.3) is 22.4 Å².